The number of piperidine rings is 1. The predicted molar refractivity (Wildman–Crippen MR) is 146 cm³/mol. The Labute approximate surface area is 227 Å². The molecular weight excluding hydrogens is 500 g/mol. The molecule has 38 heavy (non-hydrogen) atoms. The molecule has 0 saturated carbocycles. The average Bonchev–Trinajstić information content (AvgIpc) is 3.53. The van der Waals surface area contributed by atoms with Gasteiger partial charge in [0.05, 0.1) is 16.6 Å². The number of aromatic nitrogens is 1. The number of anilines is 1. The van der Waals surface area contributed by atoms with Crippen LogP contribution in [0.2, 0.25) is 5.02 Å². The molecule has 1 atom stereocenters. The zero-order valence-corrected chi connectivity index (χ0v) is 22.0. The molecular formula is C30H31ClN4O3. The van der Waals surface area contributed by atoms with Crippen molar-refractivity contribution < 1.29 is 14.3 Å². The molecule has 1 N–H and O–H groups in total. The molecule has 1 unspecified atom stereocenters. The zero-order chi connectivity index (χ0) is 26.3. The molecule has 0 bridgehead atoms. The van der Waals surface area contributed by atoms with Crippen LogP contribution < -0.4 is 14.9 Å². The quantitative estimate of drug-likeness (QED) is 0.397. The number of hydrogen-bond donors (Lipinski definition) is 1. The van der Waals surface area contributed by atoms with Crippen molar-refractivity contribution in [1.29, 1.82) is 0 Å². The van der Waals surface area contributed by atoms with E-state index < -0.39 is 0 Å². The van der Waals surface area contributed by atoms with Gasteiger partial charge in [0.2, 0.25) is 0 Å². The second-order valence-corrected chi connectivity index (χ2v) is 11.2. The SMILES string of the molecule is O=C(NC1CCc2ccc(C(=O)N3CCC4(CCN(c5cc[n+]([O-])cc5)CC4)C3)cc21)c1ccccc1Cl. The second-order valence-electron chi connectivity index (χ2n) is 10.8. The van der Waals surface area contributed by atoms with E-state index in [0.717, 1.165) is 74.3 Å². The lowest BCUT2D eigenvalue weighted by atomic mass is 9.77. The third-order valence-corrected chi connectivity index (χ3v) is 8.92. The van der Waals surface area contributed by atoms with Gasteiger partial charge in [0.1, 0.15) is 0 Å². The first kappa shape index (κ1) is 24.7. The van der Waals surface area contributed by atoms with Crippen LogP contribution in [0.25, 0.3) is 0 Å². The molecule has 2 fully saturated rings. The number of likely N-dealkylation sites (tertiary alicyclic amines) is 1. The summed E-state index contributed by atoms with van der Waals surface area (Å²) in [7, 11) is 0. The fraction of sp³-hybridized carbons (Fsp3) is 0.367. The molecule has 0 radical (unpaired) electrons. The van der Waals surface area contributed by atoms with Gasteiger partial charge < -0.3 is 20.3 Å². The number of halogens is 1. The van der Waals surface area contributed by atoms with Gasteiger partial charge in [-0.15, -0.1) is 0 Å². The van der Waals surface area contributed by atoms with Crippen LogP contribution in [0.4, 0.5) is 5.69 Å². The Morgan fingerprint density at radius 1 is 1.00 bits per heavy atom. The van der Waals surface area contributed by atoms with Crippen molar-refractivity contribution >= 4 is 29.1 Å². The first-order valence-corrected chi connectivity index (χ1v) is 13.7. The van der Waals surface area contributed by atoms with Gasteiger partial charge >= 0.3 is 0 Å². The highest BCUT2D eigenvalue weighted by molar-refractivity contribution is 6.33. The number of aryl methyl sites for hydroxylation is 1. The minimum absolute atomic E-state index is 0.0678. The molecule has 1 aromatic heterocycles. The maximum absolute atomic E-state index is 13.6. The van der Waals surface area contributed by atoms with Crippen LogP contribution in [0.15, 0.2) is 67.0 Å². The van der Waals surface area contributed by atoms with Gasteiger partial charge in [0.15, 0.2) is 12.4 Å². The Morgan fingerprint density at radius 2 is 1.74 bits per heavy atom. The minimum Gasteiger partial charge on any atom is -0.619 e. The van der Waals surface area contributed by atoms with Gasteiger partial charge in [-0.2, -0.15) is 4.73 Å². The number of nitrogens with one attached hydrogen (secondary N) is 1. The van der Waals surface area contributed by atoms with Gasteiger partial charge in [0, 0.05) is 49.6 Å². The fourth-order valence-electron chi connectivity index (χ4n) is 6.32. The van der Waals surface area contributed by atoms with E-state index in [1.54, 1.807) is 36.7 Å². The monoisotopic (exact) mass is 530 g/mol. The van der Waals surface area contributed by atoms with E-state index in [2.05, 4.69) is 10.2 Å². The number of hydrogen-bond acceptors (Lipinski definition) is 4. The Hall–Kier alpha value is -3.58. The van der Waals surface area contributed by atoms with Crippen LogP contribution >= 0.6 is 11.6 Å². The predicted octanol–water partition coefficient (Wildman–Crippen LogP) is 4.52. The number of amides is 2. The molecule has 8 heteroatoms. The minimum atomic E-state index is -0.194. The fourth-order valence-corrected chi connectivity index (χ4v) is 6.54. The van der Waals surface area contributed by atoms with E-state index >= 15 is 0 Å². The van der Waals surface area contributed by atoms with Crippen molar-refractivity contribution in [3.05, 3.63) is 99.5 Å². The van der Waals surface area contributed by atoms with Crippen molar-refractivity contribution in [1.82, 2.24) is 10.2 Å². The summed E-state index contributed by atoms with van der Waals surface area (Å²) in [5, 5.41) is 14.9. The van der Waals surface area contributed by atoms with E-state index in [9.17, 15) is 14.8 Å². The standard InChI is InChI=1S/C30H31ClN4O3/c31-26-4-2-1-3-24(26)28(36)32-27-8-7-21-5-6-22(19-25(21)27)29(37)34-18-13-30(20-34)11-16-33(17-12-30)23-9-14-35(38)15-10-23/h1-6,9-10,14-15,19,27H,7-8,11-13,16-18,20H2,(H,32,36). The maximum Gasteiger partial charge on any atom is 0.253 e. The van der Waals surface area contributed by atoms with Crippen molar-refractivity contribution in [2.75, 3.05) is 31.1 Å². The van der Waals surface area contributed by atoms with Crippen molar-refractivity contribution in [3.8, 4) is 0 Å². The van der Waals surface area contributed by atoms with Gasteiger partial charge in [-0.25, -0.2) is 0 Å². The molecule has 3 aliphatic rings. The summed E-state index contributed by atoms with van der Waals surface area (Å²) in [5.41, 5.74) is 4.59. The lowest BCUT2D eigenvalue weighted by molar-refractivity contribution is -0.605. The number of fused-ring (bicyclic) bond motifs is 1. The summed E-state index contributed by atoms with van der Waals surface area (Å²) < 4.78 is 0.809. The smallest absolute Gasteiger partial charge is 0.253 e. The summed E-state index contributed by atoms with van der Waals surface area (Å²) in [6.45, 7) is 3.40. The van der Waals surface area contributed by atoms with E-state index in [1.807, 2.05) is 35.2 Å². The normalized spacial score (nSPS) is 20.0. The summed E-state index contributed by atoms with van der Waals surface area (Å²) in [4.78, 5) is 30.8. The maximum atomic E-state index is 13.6. The van der Waals surface area contributed by atoms with Crippen molar-refractivity contribution in [2.24, 2.45) is 5.41 Å². The average molecular weight is 531 g/mol. The number of nitrogens with zero attached hydrogens (tertiary/aromatic N) is 3. The number of carbonyl (C=O) groups excluding carboxylic acids is 2. The van der Waals surface area contributed by atoms with Crippen LogP contribution in [0.1, 0.15) is 63.6 Å². The van der Waals surface area contributed by atoms with Gasteiger partial charge in [-0.1, -0.05) is 29.8 Å². The number of benzene rings is 2. The van der Waals surface area contributed by atoms with Gasteiger partial charge in [-0.3, -0.25) is 9.59 Å². The number of carbonyl (C=O) groups is 2. The molecule has 196 valence electrons. The lowest BCUT2D eigenvalue weighted by Crippen LogP contribution is -2.42. The van der Waals surface area contributed by atoms with Crippen molar-refractivity contribution in [3.63, 3.8) is 0 Å². The molecule has 7 nitrogen and oxygen atoms in total. The zero-order valence-electron chi connectivity index (χ0n) is 21.2. The first-order chi connectivity index (χ1) is 18.4. The third-order valence-electron chi connectivity index (χ3n) is 8.59. The van der Waals surface area contributed by atoms with E-state index in [4.69, 9.17) is 11.6 Å². The van der Waals surface area contributed by atoms with E-state index in [1.165, 1.54) is 5.56 Å². The molecule has 3 heterocycles. The van der Waals surface area contributed by atoms with Crippen molar-refractivity contribution in [2.45, 2.75) is 38.1 Å². The highest BCUT2D eigenvalue weighted by atomic mass is 35.5. The third kappa shape index (κ3) is 4.71. The van der Waals surface area contributed by atoms with Crippen LogP contribution in [0.5, 0.6) is 0 Å². The largest absolute Gasteiger partial charge is 0.619 e. The Bertz CT molecular complexity index is 1370. The second kappa shape index (κ2) is 9.95. The molecule has 1 aliphatic carbocycles. The van der Waals surface area contributed by atoms with Crippen LogP contribution in [0.3, 0.4) is 0 Å². The summed E-state index contributed by atoms with van der Waals surface area (Å²) in [6, 6.07) is 16.6. The summed E-state index contributed by atoms with van der Waals surface area (Å²) >= 11 is 6.22. The lowest BCUT2D eigenvalue weighted by Gasteiger charge is -2.40. The van der Waals surface area contributed by atoms with Gasteiger partial charge in [0.25, 0.3) is 11.8 Å². The Balaban J connectivity index is 1.11. The first-order valence-electron chi connectivity index (χ1n) is 13.3. The van der Waals surface area contributed by atoms with E-state index in [0.29, 0.717) is 16.1 Å². The Kier molecular flexibility index (Phi) is 6.48. The molecule has 3 aromatic rings. The van der Waals surface area contributed by atoms with Crippen LogP contribution in [-0.4, -0.2) is 42.9 Å². The highest BCUT2D eigenvalue weighted by Crippen LogP contribution is 2.42. The molecule has 2 amide bonds. The number of pyridine rings is 1. The molecule has 1 spiro atoms. The number of rotatable bonds is 4. The molecule has 2 aliphatic heterocycles. The van der Waals surface area contributed by atoms with Crippen LogP contribution in [0, 0.1) is 10.6 Å². The summed E-state index contributed by atoms with van der Waals surface area (Å²) in [6.07, 6.45) is 7.84. The van der Waals surface area contributed by atoms with E-state index in [-0.39, 0.29) is 23.3 Å². The van der Waals surface area contributed by atoms with Crippen LogP contribution in [-0.2, 0) is 6.42 Å². The van der Waals surface area contributed by atoms with Gasteiger partial charge in [-0.05, 0) is 72.9 Å². The molecule has 6 rings (SSSR count). The topological polar surface area (TPSA) is 79.6 Å². The highest BCUT2D eigenvalue weighted by Gasteiger charge is 2.42. The molecule has 2 saturated heterocycles. The summed E-state index contributed by atoms with van der Waals surface area (Å²) in [5.74, 6) is -0.126. The molecule has 2 aromatic carbocycles. The Morgan fingerprint density at radius 3 is 2.50 bits per heavy atom.